The van der Waals surface area contributed by atoms with Crippen LogP contribution in [-0.2, 0) is 4.84 Å². The largest absolute Gasteiger partial charge is 0.396 e. The molecule has 0 unspecified atom stereocenters. The summed E-state index contributed by atoms with van der Waals surface area (Å²) < 4.78 is 0. The summed E-state index contributed by atoms with van der Waals surface area (Å²) in [5, 5.41) is 9.18. The highest BCUT2D eigenvalue weighted by molar-refractivity contribution is 4.76. The Morgan fingerprint density at radius 2 is 1.83 bits per heavy atom. The number of hydrogen-bond donors (Lipinski definition) is 2. The average Bonchev–Trinajstić information content (AvgIpc) is 2.14. The highest BCUT2D eigenvalue weighted by Gasteiger charge is 2.24. The van der Waals surface area contributed by atoms with Crippen LogP contribution in [0.15, 0.2) is 0 Å². The van der Waals surface area contributed by atoms with Crippen LogP contribution in [0, 0.1) is 5.41 Å². The summed E-state index contributed by atoms with van der Waals surface area (Å²) in [6.45, 7) is 7.73. The maximum atomic E-state index is 9.18. The zero-order valence-corrected chi connectivity index (χ0v) is 8.39. The molecule has 0 spiro atoms. The maximum absolute atomic E-state index is 9.18. The fourth-order valence-corrected chi connectivity index (χ4v) is 1.09. The van der Waals surface area contributed by atoms with Gasteiger partial charge in [0.05, 0.1) is 6.61 Å². The van der Waals surface area contributed by atoms with Crippen molar-refractivity contribution < 1.29 is 9.94 Å². The van der Waals surface area contributed by atoms with E-state index in [4.69, 9.17) is 4.84 Å². The van der Waals surface area contributed by atoms with Crippen molar-refractivity contribution in [3.8, 4) is 0 Å². The SMILES string of the molecule is CCONCC(CC)(CC)CO. The van der Waals surface area contributed by atoms with E-state index in [2.05, 4.69) is 19.3 Å². The molecule has 0 aromatic rings. The first kappa shape index (κ1) is 11.9. The van der Waals surface area contributed by atoms with Gasteiger partial charge in [-0.15, -0.1) is 0 Å². The van der Waals surface area contributed by atoms with Crippen molar-refractivity contribution in [1.82, 2.24) is 5.48 Å². The lowest BCUT2D eigenvalue weighted by atomic mass is 9.83. The van der Waals surface area contributed by atoms with Crippen molar-refractivity contribution in [2.75, 3.05) is 19.8 Å². The monoisotopic (exact) mass is 175 g/mol. The van der Waals surface area contributed by atoms with Gasteiger partial charge < -0.3 is 9.94 Å². The molecule has 3 heteroatoms. The first-order valence-corrected chi connectivity index (χ1v) is 4.70. The molecule has 0 aliphatic rings. The molecule has 2 N–H and O–H groups in total. The molecule has 0 fully saturated rings. The van der Waals surface area contributed by atoms with Crippen molar-refractivity contribution in [2.45, 2.75) is 33.6 Å². The van der Waals surface area contributed by atoms with Crippen LogP contribution in [0.4, 0.5) is 0 Å². The van der Waals surface area contributed by atoms with Gasteiger partial charge in [-0.05, 0) is 19.8 Å². The van der Waals surface area contributed by atoms with Crippen LogP contribution in [0.2, 0.25) is 0 Å². The van der Waals surface area contributed by atoms with Crippen LogP contribution in [0.3, 0.4) is 0 Å². The molecule has 0 aliphatic heterocycles. The van der Waals surface area contributed by atoms with Gasteiger partial charge in [0, 0.05) is 18.6 Å². The van der Waals surface area contributed by atoms with E-state index in [-0.39, 0.29) is 12.0 Å². The lowest BCUT2D eigenvalue weighted by Gasteiger charge is -2.29. The number of aliphatic hydroxyl groups is 1. The third-order valence-electron chi connectivity index (χ3n) is 2.53. The summed E-state index contributed by atoms with van der Waals surface area (Å²) >= 11 is 0. The van der Waals surface area contributed by atoms with Crippen LogP contribution in [0.25, 0.3) is 0 Å². The Labute approximate surface area is 75.1 Å². The Bertz CT molecular complexity index is 94.4. The van der Waals surface area contributed by atoms with E-state index in [1.54, 1.807) is 0 Å². The molecule has 0 saturated heterocycles. The second-order valence-corrected chi connectivity index (χ2v) is 3.12. The minimum atomic E-state index is -0.00479. The third kappa shape index (κ3) is 3.52. The Morgan fingerprint density at radius 1 is 1.25 bits per heavy atom. The van der Waals surface area contributed by atoms with E-state index < -0.39 is 0 Å². The average molecular weight is 175 g/mol. The molecule has 0 aromatic heterocycles. The smallest absolute Gasteiger partial charge is 0.0653 e. The van der Waals surface area contributed by atoms with E-state index in [0.29, 0.717) is 6.61 Å². The molecule has 0 amide bonds. The highest BCUT2D eigenvalue weighted by Crippen LogP contribution is 2.24. The molecule has 0 heterocycles. The van der Waals surface area contributed by atoms with Gasteiger partial charge in [0.1, 0.15) is 0 Å². The summed E-state index contributed by atoms with van der Waals surface area (Å²) in [6, 6.07) is 0. The maximum Gasteiger partial charge on any atom is 0.0653 e. The summed E-state index contributed by atoms with van der Waals surface area (Å²) in [5.74, 6) is 0. The Balaban J connectivity index is 3.76. The lowest BCUT2D eigenvalue weighted by Crippen LogP contribution is -2.36. The van der Waals surface area contributed by atoms with Crippen molar-refractivity contribution in [1.29, 1.82) is 0 Å². The molecule has 3 nitrogen and oxygen atoms in total. The molecule has 0 radical (unpaired) electrons. The van der Waals surface area contributed by atoms with Gasteiger partial charge in [-0.3, -0.25) is 0 Å². The van der Waals surface area contributed by atoms with Crippen LogP contribution in [0.1, 0.15) is 33.6 Å². The topological polar surface area (TPSA) is 41.5 Å². The predicted octanol–water partition coefficient (Wildman–Crippen LogP) is 1.33. The Kier molecular flexibility index (Phi) is 6.34. The summed E-state index contributed by atoms with van der Waals surface area (Å²) in [4.78, 5) is 5.03. The van der Waals surface area contributed by atoms with Crippen molar-refractivity contribution in [2.24, 2.45) is 5.41 Å². The van der Waals surface area contributed by atoms with E-state index >= 15 is 0 Å². The summed E-state index contributed by atoms with van der Waals surface area (Å²) in [5.41, 5.74) is 2.86. The summed E-state index contributed by atoms with van der Waals surface area (Å²) in [6.07, 6.45) is 1.94. The number of hydrogen-bond acceptors (Lipinski definition) is 3. The van der Waals surface area contributed by atoms with Crippen LogP contribution in [-0.4, -0.2) is 24.9 Å². The molecular formula is C9H21NO2. The van der Waals surface area contributed by atoms with Gasteiger partial charge in [0.25, 0.3) is 0 Å². The normalized spacial score (nSPS) is 12.0. The molecule has 0 bridgehead atoms. The number of nitrogens with one attached hydrogen (secondary N) is 1. The van der Waals surface area contributed by atoms with E-state index in [1.807, 2.05) is 6.92 Å². The van der Waals surface area contributed by atoms with Crippen LogP contribution < -0.4 is 5.48 Å². The van der Waals surface area contributed by atoms with E-state index in [0.717, 1.165) is 19.4 Å². The molecule has 0 aromatic carbocycles. The van der Waals surface area contributed by atoms with E-state index in [9.17, 15) is 5.11 Å². The third-order valence-corrected chi connectivity index (χ3v) is 2.53. The first-order chi connectivity index (χ1) is 5.74. The van der Waals surface area contributed by atoms with Crippen molar-refractivity contribution >= 4 is 0 Å². The second-order valence-electron chi connectivity index (χ2n) is 3.12. The number of rotatable bonds is 7. The Hall–Kier alpha value is -0.120. The minimum absolute atomic E-state index is 0.00479. The van der Waals surface area contributed by atoms with Gasteiger partial charge >= 0.3 is 0 Å². The first-order valence-electron chi connectivity index (χ1n) is 4.70. The van der Waals surface area contributed by atoms with Gasteiger partial charge in [0.15, 0.2) is 0 Å². The van der Waals surface area contributed by atoms with Crippen molar-refractivity contribution in [3.63, 3.8) is 0 Å². The molecule has 0 atom stereocenters. The van der Waals surface area contributed by atoms with Gasteiger partial charge in [-0.2, -0.15) is 0 Å². The summed E-state index contributed by atoms with van der Waals surface area (Å²) in [7, 11) is 0. The number of aliphatic hydroxyl groups excluding tert-OH is 1. The lowest BCUT2D eigenvalue weighted by molar-refractivity contribution is 0.00319. The molecule has 0 rings (SSSR count). The second kappa shape index (κ2) is 6.40. The molecule has 12 heavy (non-hydrogen) atoms. The zero-order chi connectivity index (χ0) is 9.45. The van der Waals surface area contributed by atoms with Gasteiger partial charge in [-0.1, -0.05) is 13.8 Å². The fourth-order valence-electron chi connectivity index (χ4n) is 1.09. The Morgan fingerprint density at radius 3 is 2.17 bits per heavy atom. The van der Waals surface area contributed by atoms with Gasteiger partial charge in [-0.25, -0.2) is 5.48 Å². The zero-order valence-electron chi connectivity index (χ0n) is 8.39. The molecular weight excluding hydrogens is 154 g/mol. The van der Waals surface area contributed by atoms with Crippen LogP contribution in [0.5, 0.6) is 0 Å². The molecule has 74 valence electrons. The minimum Gasteiger partial charge on any atom is -0.396 e. The predicted molar refractivity (Wildman–Crippen MR) is 49.7 cm³/mol. The van der Waals surface area contributed by atoms with E-state index in [1.165, 1.54) is 0 Å². The quantitative estimate of drug-likeness (QED) is 0.453. The molecule has 0 aliphatic carbocycles. The number of hydroxylamine groups is 1. The highest BCUT2D eigenvalue weighted by atomic mass is 16.6. The van der Waals surface area contributed by atoms with Crippen LogP contribution >= 0.6 is 0 Å². The molecule has 0 saturated carbocycles. The van der Waals surface area contributed by atoms with Crippen molar-refractivity contribution in [3.05, 3.63) is 0 Å². The standard InChI is InChI=1S/C9H21NO2/c1-4-9(5-2,8-11)7-10-12-6-3/h10-11H,4-8H2,1-3H3. The van der Waals surface area contributed by atoms with Gasteiger partial charge in [0.2, 0.25) is 0 Å². The fraction of sp³-hybridized carbons (Fsp3) is 1.00.